The Labute approximate surface area is 110 Å². The van der Waals surface area contributed by atoms with Gasteiger partial charge in [0.15, 0.2) is 0 Å². The molecule has 0 bridgehead atoms. The molecule has 1 rings (SSSR count). The van der Waals surface area contributed by atoms with Crippen molar-refractivity contribution >= 4 is 23.5 Å². The summed E-state index contributed by atoms with van der Waals surface area (Å²) in [6.45, 7) is 13.9. The lowest BCUT2D eigenvalue weighted by atomic mass is 9.82. The van der Waals surface area contributed by atoms with Crippen LogP contribution in [0.3, 0.4) is 0 Å². The summed E-state index contributed by atoms with van der Waals surface area (Å²) >= 11 is 4.30. The molecule has 1 aliphatic heterocycles. The second-order valence-electron chi connectivity index (χ2n) is 6.02. The normalized spacial score (nSPS) is 26.6. The third-order valence-electron chi connectivity index (χ3n) is 2.91. The van der Waals surface area contributed by atoms with Gasteiger partial charge in [0.25, 0.3) is 0 Å². The van der Waals surface area contributed by atoms with Crippen molar-refractivity contribution in [2.45, 2.75) is 69.5 Å². The lowest BCUT2D eigenvalue weighted by Gasteiger charge is -2.52. The number of nitrogens with one attached hydrogen (secondary N) is 1. The Morgan fingerprint density at radius 2 is 1.25 bits per heavy atom. The molecule has 3 heteroatoms. The first-order valence-corrected chi connectivity index (χ1v) is 8.29. The molecule has 1 N–H and O–H groups in total. The molecule has 1 heterocycles. The molecule has 0 unspecified atom stereocenters. The van der Waals surface area contributed by atoms with Gasteiger partial charge in [0.2, 0.25) is 0 Å². The summed E-state index contributed by atoms with van der Waals surface area (Å²) in [5.41, 5.74) is 0.512. The van der Waals surface area contributed by atoms with Crippen molar-refractivity contribution in [1.82, 2.24) is 5.32 Å². The second-order valence-corrected chi connectivity index (χ2v) is 9.58. The number of hydrogen-bond acceptors (Lipinski definition) is 3. The van der Waals surface area contributed by atoms with Gasteiger partial charge in [0.05, 0.1) is 4.08 Å². The quantitative estimate of drug-likeness (QED) is 0.764. The Hall–Kier alpha value is 0.660. The Bertz CT molecular complexity index is 212. The molecule has 0 radical (unpaired) electrons. The predicted octanol–water partition coefficient (Wildman–Crippen LogP) is 4.13. The Balaban J connectivity index is 2.90. The fraction of sp³-hybridized carbons (Fsp3) is 1.00. The molecule has 0 aromatic rings. The zero-order chi connectivity index (χ0) is 12.4. The lowest BCUT2D eigenvalue weighted by molar-refractivity contribution is 0.179. The smallest absolute Gasteiger partial charge is 0.0645 e. The fourth-order valence-corrected chi connectivity index (χ4v) is 7.13. The highest BCUT2D eigenvalue weighted by Gasteiger charge is 2.47. The summed E-state index contributed by atoms with van der Waals surface area (Å²) < 4.78 is 0.418. The number of piperidine rings is 1. The molecule has 0 saturated carbocycles. The van der Waals surface area contributed by atoms with Crippen molar-refractivity contribution in [3.63, 3.8) is 0 Å². The van der Waals surface area contributed by atoms with Crippen LogP contribution in [0.4, 0.5) is 0 Å². The molecular weight excluding hydrogens is 234 g/mol. The predicted molar refractivity (Wildman–Crippen MR) is 79.5 cm³/mol. The highest BCUT2D eigenvalue weighted by Crippen LogP contribution is 2.51. The van der Waals surface area contributed by atoms with E-state index >= 15 is 0 Å². The van der Waals surface area contributed by atoms with Gasteiger partial charge in [-0.2, -0.15) is 0 Å². The third kappa shape index (κ3) is 3.85. The van der Waals surface area contributed by atoms with Crippen molar-refractivity contribution in [3.05, 3.63) is 0 Å². The standard InChI is InChI=1S/C13H27NS2/c1-7-15-13(16-8-2)9-11(3,4)14-12(5,6)10-13/h14H,7-10H2,1-6H3. The van der Waals surface area contributed by atoms with Crippen LogP contribution in [-0.2, 0) is 0 Å². The molecule has 0 aromatic heterocycles. The van der Waals surface area contributed by atoms with Crippen LogP contribution >= 0.6 is 23.5 Å². The Morgan fingerprint density at radius 1 is 0.875 bits per heavy atom. The van der Waals surface area contributed by atoms with Gasteiger partial charge in [-0.25, -0.2) is 0 Å². The van der Waals surface area contributed by atoms with Gasteiger partial charge in [-0.15, -0.1) is 23.5 Å². The maximum atomic E-state index is 3.78. The first-order valence-electron chi connectivity index (χ1n) is 6.31. The molecule has 1 nitrogen and oxygen atoms in total. The van der Waals surface area contributed by atoms with E-state index in [1.165, 1.54) is 24.3 Å². The average Bonchev–Trinajstić information content (AvgIpc) is 1.97. The number of thioether (sulfide) groups is 2. The van der Waals surface area contributed by atoms with E-state index in [0.29, 0.717) is 4.08 Å². The summed E-state index contributed by atoms with van der Waals surface area (Å²) in [5.74, 6) is 2.44. The summed E-state index contributed by atoms with van der Waals surface area (Å²) in [4.78, 5) is 0. The lowest BCUT2D eigenvalue weighted by Crippen LogP contribution is -2.61. The van der Waals surface area contributed by atoms with E-state index in [2.05, 4.69) is 70.4 Å². The molecule has 1 saturated heterocycles. The molecule has 96 valence electrons. The van der Waals surface area contributed by atoms with E-state index in [4.69, 9.17) is 0 Å². The first kappa shape index (κ1) is 14.7. The van der Waals surface area contributed by atoms with Crippen LogP contribution in [0.25, 0.3) is 0 Å². The van der Waals surface area contributed by atoms with E-state index in [-0.39, 0.29) is 11.1 Å². The first-order chi connectivity index (χ1) is 7.24. The maximum absolute atomic E-state index is 3.78. The molecule has 0 aliphatic carbocycles. The Kier molecular flexibility index (Phi) is 4.70. The van der Waals surface area contributed by atoms with Crippen molar-refractivity contribution in [2.24, 2.45) is 0 Å². The molecular formula is C13H27NS2. The summed E-state index contributed by atoms with van der Waals surface area (Å²) in [6.07, 6.45) is 2.53. The number of hydrogen-bond donors (Lipinski definition) is 1. The largest absolute Gasteiger partial charge is 0.307 e. The molecule has 16 heavy (non-hydrogen) atoms. The van der Waals surface area contributed by atoms with Crippen LogP contribution < -0.4 is 5.32 Å². The Morgan fingerprint density at radius 3 is 1.56 bits per heavy atom. The van der Waals surface area contributed by atoms with Crippen LogP contribution in [0, 0.1) is 0 Å². The van der Waals surface area contributed by atoms with Crippen molar-refractivity contribution in [3.8, 4) is 0 Å². The summed E-state index contributed by atoms with van der Waals surface area (Å²) in [5, 5.41) is 3.78. The molecule has 0 atom stereocenters. The van der Waals surface area contributed by atoms with Crippen LogP contribution in [0.5, 0.6) is 0 Å². The number of rotatable bonds is 4. The van der Waals surface area contributed by atoms with Gasteiger partial charge in [0, 0.05) is 11.1 Å². The highest BCUT2D eigenvalue weighted by molar-refractivity contribution is 8.18. The molecule has 0 aromatic carbocycles. The van der Waals surface area contributed by atoms with Gasteiger partial charge in [-0.1, -0.05) is 13.8 Å². The SMILES string of the molecule is CCSC1(SCC)CC(C)(C)NC(C)(C)C1. The molecule has 0 spiro atoms. The minimum atomic E-state index is 0.256. The van der Waals surface area contributed by atoms with E-state index in [0.717, 1.165) is 0 Å². The van der Waals surface area contributed by atoms with E-state index in [1.54, 1.807) is 0 Å². The summed E-state index contributed by atoms with van der Waals surface area (Å²) in [6, 6.07) is 0. The van der Waals surface area contributed by atoms with Crippen LogP contribution in [0.15, 0.2) is 0 Å². The topological polar surface area (TPSA) is 12.0 Å². The maximum Gasteiger partial charge on any atom is 0.0645 e. The minimum absolute atomic E-state index is 0.256. The van der Waals surface area contributed by atoms with Crippen molar-refractivity contribution in [1.29, 1.82) is 0 Å². The van der Waals surface area contributed by atoms with Crippen LogP contribution in [-0.4, -0.2) is 26.7 Å². The van der Waals surface area contributed by atoms with Gasteiger partial charge >= 0.3 is 0 Å². The average molecular weight is 262 g/mol. The monoisotopic (exact) mass is 261 g/mol. The van der Waals surface area contributed by atoms with Gasteiger partial charge < -0.3 is 5.32 Å². The minimum Gasteiger partial charge on any atom is -0.307 e. The fourth-order valence-electron chi connectivity index (χ4n) is 3.19. The highest BCUT2D eigenvalue weighted by atomic mass is 32.2. The van der Waals surface area contributed by atoms with Gasteiger partial charge in [-0.3, -0.25) is 0 Å². The molecule has 1 fully saturated rings. The van der Waals surface area contributed by atoms with Gasteiger partial charge in [-0.05, 0) is 52.0 Å². The zero-order valence-corrected chi connectivity index (χ0v) is 13.3. The van der Waals surface area contributed by atoms with Crippen molar-refractivity contribution in [2.75, 3.05) is 11.5 Å². The van der Waals surface area contributed by atoms with Crippen molar-refractivity contribution < 1.29 is 0 Å². The second kappa shape index (κ2) is 5.11. The third-order valence-corrected chi connectivity index (χ3v) is 5.83. The van der Waals surface area contributed by atoms with Crippen LogP contribution in [0.1, 0.15) is 54.4 Å². The zero-order valence-electron chi connectivity index (χ0n) is 11.6. The van der Waals surface area contributed by atoms with E-state index < -0.39 is 0 Å². The van der Waals surface area contributed by atoms with E-state index in [1.807, 2.05) is 0 Å². The van der Waals surface area contributed by atoms with E-state index in [9.17, 15) is 0 Å². The van der Waals surface area contributed by atoms with Gasteiger partial charge in [0.1, 0.15) is 0 Å². The van der Waals surface area contributed by atoms with Crippen LogP contribution in [0.2, 0.25) is 0 Å². The molecule has 1 aliphatic rings. The summed E-state index contributed by atoms with van der Waals surface area (Å²) in [7, 11) is 0. The molecule has 0 amide bonds.